The molecule has 0 aliphatic heterocycles. The molecule has 0 aliphatic carbocycles. The molecular weight excluding hydrogens is 430 g/mol. The van der Waals surface area contributed by atoms with E-state index in [4.69, 9.17) is 30.8 Å². The van der Waals surface area contributed by atoms with Crippen molar-refractivity contribution in [2.45, 2.75) is 20.0 Å². The first-order valence-electron chi connectivity index (χ1n) is 10.1. The predicted octanol–water partition coefficient (Wildman–Crippen LogP) is 6.31. The van der Waals surface area contributed by atoms with Crippen molar-refractivity contribution in [2.24, 2.45) is 0 Å². The van der Waals surface area contributed by atoms with Gasteiger partial charge in [-0.1, -0.05) is 61.8 Å². The van der Waals surface area contributed by atoms with Crippen LogP contribution in [0.4, 0.5) is 5.69 Å². The average molecular weight is 458 g/mol. The molecule has 0 radical (unpaired) electrons. The molecule has 3 aromatic rings. The molecule has 0 saturated heterocycles. The van der Waals surface area contributed by atoms with Crippen molar-refractivity contribution in [1.29, 1.82) is 0 Å². The summed E-state index contributed by atoms with van der Waals surface area (Å²) >= 11 is 5.95. The summed E-state index contributed by atoms with van der Waals surface area (Å²) in [6, 6.07) is 19.8. The molecule has 7 heteroatoms. The molecule has 0 bridgehead atoms. The fourth-order valence-electron chi connectivity index (χ4n) is 3.03. The Morgan fingerprint density at radius 2 is 1.53 bits per heavy atom. The van der Waals surface area contributed by atoms with Gasteiger partial charge in [-0.15, -0.1) is 0 Å². The number of halogens is 1. The van der Waals surface area contributed by atoms with Crippen LogP contribution in [-0.2, 0) is 14.6 Å². The lowest BCUT2D eigenvalue weighted by Gasteiger charge is -2.18. The molecule has 32 heavy (non-hydrogen) atoms. The average Bonchev–Trinajstić information content (AvgIpc) is 2.84. The first-order chi connectivity index (χ1) is 15.6. The zero-order chi connectivity index (χ0) is 23.5. The number of carbonyl (C=O) groups is 1. The highest BCUT2D eigenvalue weighted by atomic mass is 35.5. The van der Waals surface area contributed by atoms with Gasteiger partial charge < -0.3 is 14.8 Å². The van der Waals surface area contributed by atoms with E-state index in [-0.39, 0.29) is 5.91 Å². The number of para-hydroxylation sites is 1. The molecule has 1 amide bonds. The highest BCUT2D eigenvalue weighted by Gasteiger charge is 2.24. The predicted molar refractivity (Wildman–Crippen MR) is 127 cm³/mol. The largest absolute Gasteiger partial charge is 0.493 e. The number of nitrogens with one attached hydrogen (secondary N) is 1. The smallest absolute Gasteiger partial charge is 0.261 e. The van der Waals surface area contributed by atoms with Gasteiger partial charge >= 0.3 is 0 Å². The number of hydrogen-bond donors (Lipinski definition) is 1. The maximum absolute atomic E-state index is 13.0. The molecule has 3 aromatic carbocycles. The van der Waals surface area contributed by atoms with Crippen LogP contribution in [0.2, 0.25) is 5.02 Å². The number of ether oxygens (including phenoxy) is 2. The SMILES string of the molecule is CC.COOC(C(=O)Nc1ccccc1-c1ccc(OC)c(OC)c1)c1ccc(Cl)cc1. The lowest BCUT2D eigenvalue weighted by atomic mass is 10.0. The Bertz CT molecular complexity index is 1010. The molecule has 0 saturated carbocycles. The third-order valence-electron chi connectivity index (χ3n) is 4.48. The monoisotopic (exact) mass is 457 g/mol. The summed E-state index contributed by atoms with van der Waals surface area (Å²) in [5, 5.41) is 3.49. The topological polar surface area (TPSA) is 66.0 Å². The van der Waals surface area contributed by atoms with E-state index < -0.39 is 6.10 Å². The van der Waals surface area contributed by atoms with Crippen LogP contribution in [-0.4, -0.2) is 27.2 Å². The number of methoxy groups -OCH3 is 2. The van der Waals surface area contributed by atoms with E-state index in [1.165, 1.54) is 7.11 Å². The van der Waals surface area contributed by atoms with Gasteiger partial charge in [0.05, 0.1) is 21.3 Å². The Morgan fingerprint density at radius 1 is 0.875 bits per heavy atom. The quantitative estimate of drug-likeness (QED) is 0.317. The number of benzene rings is 3. The van der Waals surface area contributed by atoms with E-state index in [9.17, 15) is 4.79 Å². The van der Waals surface area contributed by atoms with Gasteiger partial charge in [0.2, 0.25) is 0 Å². The zero-order valence-corrected chi connectivity index (χ0v) is 19.6. The second kappa shape index (κ2) is 12.7. The summed E-state index contributed by atoms with van der Waals surface area (Å²) in [5.41, 5.74) is 2.91. The second-order valence-electron chi connectivity index (χ2n) is 6.30. The normalized spacial score (nSPS) is 11.1. The van der Waals surface area contributed by atoms with Gasteiger partial charge in [0, 0.05) is 16.3 Å². The number of rotatable bonds is 8. The molecule has 0 aliphatic rings. The van der Waals surface area contributed by atoms with Crippen molar-refractivity contribution < 1.29 is 24.0 Å². The van der Waals surface area contributed by atoms with E-state index in [0.29, 0.717) is 27.8 Å². The van der Waals surface area contributed by atoms with Crippen LogP contribution >= 0.6 is 11.6 Å². The van der Waals surface area contributed by atoms with Gasteiger partial charge in [-0.05, 0) is 41.5 Å². The number of anilines is 1. The zero-order valence-electron chi connectivity index (χ0n) is 18.8. The summed E-state index contributed by atoms with van der Waals surface area (Å²) in [6.07, 6.45) is -0.967. The van der Waals surface area contributed by atoms with Crippen LogP contribution < -0.4 is 14.8 Å². The van der Waals surface area contributed by atoms with E-state index in [0.717, 1.165) is 11.1 Å². The van der Waals surface area contributed by atoms with E-state index in [2.05, 4.69) is 5.32 Å². The molecule has 0 fully saturated rings. The van der Waals surface area contributed by atoms with Gasteiger partial charge in [-0.3, -0.25) is 4.79 Å². The van der Waals surface area contributed by atoms with Crippen LogP contribution in [0, 0.1) is 0 Å². The summed E-state index contributed by atoms with van der Waals surface area (Å²) in [5.74, 6) is 0.837. The van der Waals surface area contributed by atoms with Crippen LogP contribution in [0.1, 0.15) is 25.5 Å². The van der Waals surface area contributed by atoms with Crippen molar-refractivity contribution in [2.75, 3.05) is 26.6 Å². The van der Waals surface area contributed by atoms with Gasteiger partial charge in [-0.2, -0.15) is 0 Å². The van der Waals surface area contributed by atoms with Gasteiger partial charge in [0.1, 0.15) is 0 Å². The summed E-state index contributed by atoms with van der Waals surface area (Å²) in [7, 11) is 4.51. The molecule has 170 valence electrons. The maximum atomic E-state index is 13.0. The Balaban J connectivity index is 0.00000176. The van der Waals surface area contributed by atoms with Crippen molar-refractivity contribution >= 4 is 23.2 Å². The third-order valence-corrected chi connectivity index (χ3v) is 4.73. The lowest BCUT2D eigenvalue weighted by Crippen LogP contribution is -2.23. The fraction of sp³-hybridized carbons (Fsp3) is 0.240. The van der Waals surface area contributed by atoms with E-state index >= 15 is 0 Å². The summed E-state index contributed by atoms with van der Waals surface area (Å²) in [6.45, 7) is 4.00. The minimum absolute atomic E-state index is 0.382. The van der Waals surface area contributed by atoms with Crippen molar-refractivity contribution in [3.05, 3.63) is 77.3 Å². The first-order valence-corrected chi connectivity index (χ1v) is 10.5. The maximum Gasteiger partial charge on any atom is 0.261 e. The second-order valence-corrected chi connectivity index (χ2v) is 6.74. The number of hydrogen-bond acceptors (Lipinski definition) is 5. The molecule has 3 rings (SSSR count). The molecule has 1 unspecified atom stereocenters. The highest BCUT2D eigenvalue weighted by Crippen LogP contribution is 2.35. The minimum atomic E-state index is -0.967. The molecule has 0 heterocycles. The molecule has 6 nitrogen and oxygen atoms in total. The van der Waals surface area contributed by atoms with Crippen LogP contribution in [0.3, 0.4) is 0 Å². The van der Waals surface area contributed by atoms with Crippen LogP contribution in [0.25, 0.3) is 11.1 Å². The fourth-order valence-corrected chi connectivity index (χ4v) is 3.16. The standard InChI is InChI=1S/C23H22ClNO5.C2H6/c1-27-20-13-10-16(14-21(20)28-2)18-6-4-5-7-19(18)25-23(26)22(30-29-3)15-8-11-17(24)12-9-15;1-2/h4-14,22H,1-3H3,(H,25,26);1-2H3. The molecule has 1 atom stereocenters. The first kappa shape index (κ1) is 25.2. The molecule has 1 N–H and O–H groups in total. The van der Waals surface area contributed by atoms with Crippen molar-refractivity contribution in [1.82, 2.24) is 0 Å². The third kappa shape index (κ3) is 6.23. The molecule has 0 spiro atoms. The van der Waals surface area contributed by atoms with Crippen LogP contribution in [0.15, 0.2) is 66.7 Å². The van der Waals surface area contributed by atoms with Gasteiger partial charge in [0.25, 0.3) is 5.91 Å². The van der Waals surface area contributed by atoms with Crippen LogP contribution in [0.5, 0.6) is 11.5 Å². The lowest BCUT2D eigenvalue weighted by molar-refractivity contribution is -0.298. The van der Waals surface area contributed by atoms with Gasteiger partial charge in [-0.25, -0.2) is 9.78 Å². The van der Waals surface area contributed by atoms with Gasteiger partial charge in [0.15, 0.2) is 17.6 Å². The van der Waals surface area contributed by atoms with Crippen molar-refractivity contribution in [3.63, 3.8) is 0 Å². The number of carbonyl (C=O) groups excluding carboxylic acids is 1. The molecule has 0 aromatic heterocycles. The van der Waals surface area contributed by atoms with Crippen molar-refractivity contribution in [3.8, 4) is 22.6 Å². The summed E-state index contributed by atoms with van der Waals surface area (Å²) in [4.78, 5) is 23.0. The summed E-state index contributed by atoms with van der Waals surface area (Å²) < 4.78 is 10.7. The number of amides is 1. The minimum Gasteiger partial charge on any atom is -0.493 e. The van der Waals surface area contributed by atoms with E-state index in [1.807, 2.05) is 56.3 Å². The Labute approximate surface area is 194 Å². The highest BCUT2D eigenvalue weighted by molar-refractivity contribution is 6.30. The Kier molecular flexibility index (Phi) is 10.0. The molecular formula is C25H28ClNO5. The Morgan fingerprint density at radius 3 is 2.16 bits per heavy atom. The van der Waals surface area contributed by atoms with E-state index in [1.54, 1.807) is 38.5 Å². The Hall–Kier alpha value is -3.06.